The van der Waals surface area contributed by atoms with Gasteiger partial charge in [0.05, 0.1) is 10.0 Å². The molecule has 0 unspecified atom stereocenters. The molecule has 0 bridgehead atoms. The zero-order valence-electron chi connectivity index (χ0n) is 18.3. The highest BCUT2D eigenvalue weighted by molar-refractivity contribution is 7.92. The molecule has 35 heavy (non-hydrogen) atoms. The first-order chi connectivity index (χ1) is 16.7. The molecule has 0 saturated carbocycles. The van der Waals surface area contributed by atoms with Gasteiger partial charge in [-0.3, -0.25) is 9.59 Å². The Balaban J connectivity index is 1.39. The van der Waals surface area contributed by atoms with Crippen LogP contribution in [0.15, 0.2) is 66.1 Å². The number of rotatable bonds is 8. The van der Waals surface area contributed by atoms with Crippen molar-refractivity contribution in [3.05, 3.63) is 92.2 Å². The third kappa shape index (κ3) is 6.34. The molecule has 1 saturated heterocycles. The quantitative estimate of drug-likeness (QED) is 0.454. The molecule has 0 spiro atoms. The minimum Gasteiger partial charge on any atom is -0.348 e. The number of carbonyl (C=O) groups excluding carboxylic acids is 2. The highest BCUT2D eigenvalue weighted by Gasteiger charge is 2.36. The summed E-state index contributed by atoms with van der Waals surface area (Å²) in [5, 5.41) is 3.69. The number of carbonyl (C=O) groups is 2. The zero-order chi connectivity index (χ0) is 25.0. The van der Waals surface area contributed by atoms with E-state index >= 15 is 0 Å². The Morgan fingerprint density at radius 3 is 2.63 bits per heavy atom. The molecule has 4 rings (SSSR count). The number of hydrogen-bond donors (Lipinski definition) is 2. The summed E-state index contributed by atoms with van der Waals surface area (Å²) in [6.45, 7) is 0.427. The van der Waals surface area contributed by atoms with Gasteiger partial charge in [0.15, 0.2) is 0 Å². The molecule has 0 radical (unpaired) electrons. The van der Waals surface area contributed by atoms with Gasteiger partial charge in [-0.05, 0) is 48.4 Å². The summed E-state index contributed by atoms with van der Waals surface area (Å²) in [4.78, 5) is 27.0. The zero-order valence-corrected chi connectivity index (χ0v) is 20.7. The fraction of sp³-hybridized carbons (Fsp3) is 0.167. The maximum absolute atomic E-state index is 14.8. The molecule has 1 aromatic heterocycles. The molecule has 1 fully saturated rings. The van der Waals surface area contributed by atoms with Crippen molar-refractivity contribution in [2.24, 2.45) is 0 Å². The Hall–Kier alpha value is -3.05. The molecule has 1 atom stereocenters. The average Bonchev–Trinajstić information content (AvgIpc) is 3.42. The van der Waals surface area contributed by atoms with Crippen LogP contribution in [0.4, 0.5) is 10.1 Å². The van der Waals surface area contributed by atoms with E-state index < -0.39 is 33.7 Å². The fourth-order valence-corrected chi connectivity index (χ4v) is 5.66. The van der Waals surface area contributed by atoms with Gasteiger partial charge in [-0.15, -0.1) is 11.3 Å². The molecule has 2 aromatic carbocycles. The molecule has 11 heteroatoms. The van der Waals surface area contributed by atoms with Crippen molar-refractivity contribution in [1.82, 2.24) is 10.0 Å². The SMILES string of the molecule is O=C(NCc1ccccc1)c1ccc(N2CC[C@H](NS(=O)(=O)/C=C/c3ccc(Cl)s3)C2=O)c(F)c1. The van der Waals surface area contributed by atoms with Crippen LogP contribution >= 0.6 is 22.9 Å². The second-order valence-electron chi connectivity index (χ2n) is 7.77. The molecule has 2 amide bonds. The number of hydrogen-bond acceptors (Lipinski definition) is 5. The van der Waals surface area contributed by atoms with Crippen molar-refractivity contribution in [3.8, 4) is 0 Å². The number of halogens is 2. The molecule has 182 valence electrons. The second kappa shape index (κ2) is 10.7. The predicted octanol–water partition coefficient (Wildman–Crippen LogP) is 4.17. The third-order valence-electron chi connectivity index (χ3n) is 5.31. The van der Waals surface area contributed by atoms with Crippen molar-refractivity contribution in [2.75, 3.05) is 11.4 Å². The standard InChI is InChI=1S/C24H21ClFN3O4S2/c25-22-9-7-18(34-22)11-13-35(32,33)28-20-10-12-29(24(20)31)21-8-6-17(14-19(21)26)23(30)27-15-16-4-2-1-3-5-16/h1-9,11,13-14,20,28H,10,12,15H2,(H,27,30)/b13-11+/t20-/m0/s1. The van der Waals surface area contributed by atoms with Gasteiger partial charge < -0.3 is 10.2 Å². The lowest BCUT2D eigenvalue weighted by atomic mass is 10.1. The van der Waals surface area contributed by atoms with Gasteiger partial charge >= 0.3 is 0 Å². The van der Waals surface area contributed by atoms with Crippen LogP contribution in [0.5, 0.6) is 0 Å². The van der Waals surface area contributed by atoms with Crippen molar-refractivity contribution in [1.29, 1.82) is 0 Å². The number of nitrogens with one attached hydrogen (secondary N) is 2. The van der Waals surface area contributed by atoms with E-state index in [9.17, 15) is 22.4 Å². The van der Waals surface area contributed by atoms with Crippen LogP contribution in [0.25, 0.3) is 6.08 Å². The molecule has 2 N–H and O–H groups in total. The summed E-state index contributed by atoms with van der Waals surface area (Å²) < 4.78 is 42.5. The first-order valence-electron chi connectivity index (χ1n) is 10.6. The summed E-state index contributed by atoms with van der Waals surface area (Å²) in [6.07, 6.45) is 1.56. The van der Waals surface area contributed by atoms with E-state index in [0.29, 0.717) is 15.8 Å². The van der Waals surface area contributed by atoms with Crippen LogP contribution in [0.1, 0.15) is 27.2 Å². The number of sulfonamides is 1. The average molecular weight is 534 g/mol. The summed E-state index contributed by atoms with van der Waals surface area (Å²) in [5.74, 6) is -1.76. The molecule has 3 aromatic rings. The number of anilines is 1. The van der Waals surface area contributed by atoms with Gasteiger partial charge in [0.25, 0.3) is 5.91 Å². The van der Waals surface area contributed by atoms with E-state index in [1.807, 2.05) is 30.3 Å². The molecular formula is C24H21ClFN3O4S2. The molecule has 1 aliphatic heterocycles. The van der Waals surface area contributed by atoms with Gasteiger partial charge in [-0.1, -0.05) is 41.9 Å². The minimum atomic E-state index is -3.91. The molecule has 1 aliphatic rings. The smallest absolute Gasteiger partial charge is 0.251 e. The topological polar surface area (TPSA) is 95.6 Å². The summed E-state index contributed by atoms with van der Waals surface area (Å²) >= 11 is 7.06. The summed E-state index contributed by atoms with van der Waals surface area (Å²) in [6, 6.07) is 15.4. The summed E-state index contributed by atoms with van der Waals surface area (Å²) in [5.41, 5.74) is 1.01. The van der Waals surface area contributed by atoms with Crippen LogP contribution in [-0.4, -0.2) is 32.8 Å². The van der Waals surface area contributed by atoms with Crippen LogP contribution in [0.2, 0.25) is 4.34 Å². The highest BCUT2D eigenvalue weighted by atomic mass is 35.5. The Bertz CT molecular complexity index is 1380. The maximum atomic E-state index is 14.8. The van der Waals surface area contributed by atoms with E-state index in [1.165, 1.54) is 34.4 Å². The Morgan fingerprint density at radius 1 is 1.17 bits per heavy atom. The number of amides is 2. The lowest BCUT2D eigenvalue weighted by Crippen LogP contribution is -2.40. The van der Waals surface area contributed by atoms with Gasteiger partial charge in [0, 0.05) is 28.9 Å². The van der Waals surface area contributed by atoms with E-state index in [-0.39, 0.29) is 24.2 Å². The highest BCUT2D eigenvalue weighted by Crippen LogP contribution is 2.26. The number of benzene rings is 2. The van der Waals surface area contributed by atoms with Crippen molar-refractivity contribution in [2.45, 2.75) is 19.0 Å². The van der Waals surface area contributed by atoms with Crippen LogP contribution in [0, 0.1) is 5.82 Å². The third-order valence-corrected chi connectivity index (χ3v) is 7.62. The van der Waals surface area contributed by atoms with Crippen LogP contribution in [-0.2, 0) is 21.4 Å². The van der Waals surface area contributed by atoms with Crippen LogP contribution < -0.4 is 14.9 Å². The number of nitrogens with zero attached hydrogens (tertiary/aromatic N) is 1. The molecule has 7 nitrogen and oxygen atoms in total. The molecule has 2 heterocycles. The molecule has 0 aliphatic carbocycles. The monoisotopic (exact) mass is 533 g/mol. The van der Waals surface area contributed by atoms with E-state index in [1.54, 1.807) is 12.1 Å². The first-order valence-corrected chi connectivity index (χ1v) is 13.3. The van der Waals surface area contributed by atoms with Crippen molar-refractivity contribution >= 4 is 56.5 Å². The van der Waals surface area contributed by atoms with Gasteiger partial charge in [0.2, 0.25) is 15.9 Å². The van der Waals surface area contributed by atoms with Gasteiger partial charge in [-0.25, -0.2) is 12.8 Å². The van der Waals surface area contributed by atoms with Gasteiger partial charge in [-0.2, -0.15) is 4.72 Å². The Labute approximate surface area is 211 Å². The first kappa shape index (κ1) is 25.1. The predicted molar refractivity (Wildman–Crippen MR) is 135 cm³/mol. The van der Waals surface area contributed by atoms with Crippen molar-refractivity contribution in [3.63, 3.8) is 0 Å². The minimum absolute atomic E-state index is 0.0138. The molecular weight excluding hydrogens is 513 g/mol. The van der Waals surface area contributed by atoms with Gasteiger partial charge in [0.1, 0.15) is 11.9 Å². The Kier molecular flexibility index (Phi) is 7.66. The lowest BCUT2D eigenvalue weighted by molar-refractivity contribution is -0.118. The van der Waals surface area contributed by atoms with Crippen LogP contribution in [0.3, 0.4) is 0 Å². The largest absolute Gasteiger partial charge is 0.348 e. The van der Waals surface area contributed by atoms with E-state index in [0.717, 1.165) is 17.0 Å². The number of thiophene rings is 1. The van der Waals surface area contributed by atoms with Crippen molar-refractivity contribution < 1.29 is 22.4 Å². The van der Waals surface area contributed by atoms with E-state index in [2.05, 4.69) is 10.0 Å². The maximum Gasteiger partial charge on any atom is 0.251 e. The normalized spacial score (nSPS) is 16.2. The Morgan fingerprint density at radius 2 is 1.94 bits per heavy atom. The summed E-state index contributed by atoms with van der Waals surface area (Å²) in [7, 11) is -3.91. The second-order valence-corrected chi connectivity index (χ2v) is 11.1. The van der Waals surface area contributed by atoms with E-state index in [4.69, 9.17) is 11.6 Å². The lowest BCUT2D eigenvalue weighted by Gasteiger charge is -2.18. The fourth-order valence-electron chi connectivity index (χ4n) is 3.59.